The van der Waals surface area contributed by atoms with Crippen molar-refractivity contribution in [1.82, 2.24) is 9.88 Å². The number of carbonyl (C=O) groups excluding carboxylic acids is 1. The number of carbonyl (C=O) groups is 1. The molecule has 2 heterocycles. The highest BCUT2D eigenvalue weighted by atomic mass is 32.2. The Morgan fingerprint density at radius 3 is 2.57 bits per heavy atom. The maximum atomic E-state index is 14.0. The van der Waals surface area contributed by atoms with E-state index in [4.69, 9.17) is 0 Å². The molecule has 2 N–H and O–H groups in total. The predicted octanol–water partition coefficient (Wildman–Crippen LogP) is 5.64. The second-order valence-electron chi connectivity index (χ2n) is 8.13. The summed E-state index contributed by atoms with van der Waals surface area (Å²) in [5.74, 6) is -0.611. The molecule has 1 fully saturated rings. The Morgan fingerprint density at radius 2 is 1.83 bits per heavy atom. The van der Waals surface area contributed by atoms with E-state index < -0.39 is 10.4 Å². The van der Waals surface area contributed by atoms with E-state index in [9.17, 15) is 19.3 Å². The second kappa shape index (κ2) is 9.27. The van der Waals surface area contributed by atoms with E-state index in [1.165, 1.54) is 30.0 Å². The zero-order chi connectivity index (χ0) is 24.5. The molecule has 0 aliphatic carbocycles. The summed E-state index contributed by atoms with van der Waals surface area (Å²) >= 11 is 1.30. The van der Waals surface area contributed by atoms with Crippen molar-refractivity contribution in [2.75, 3.05) is 5.32 Å². The van der Waals surface area contributed by atoms with Crippen molar-refractivity contribution in [3.05, 3.63) is 110 Å². The summed E-state index contributed by atoms with van der Waals surface area (Å²) in [4.78, 5) is 23.8. The molecular weight excluding hydrogens is 467 g/mol. The van der Waals surface area contributed by atoms with Crippen LogP contribution < -0.4 is 10.6 Å². The molecule has 1 saturated heterocycles. The van der Waals surface area contributed by atoms with E-state index in [0.717, 1.165) is 27.7 Å². The SMILES string of the molecule is Cc1c(/C=C2\SC(Nc3ccccc3F)NC2=O)c2ccccc2n1Cc1ccc([N+](=O)[O-])cc1. The number of anilines is 1. The fourth-order valence-electron chi connectivity index (χ4n) is 4.17. The monoisotopic (exact) mass is 488 g/mol. The van der Waals surface area contributed by atoms with E-state index in [2.05, 4.69) is 15.2 Å². The number of nitrogens with one attached hydrogen (secondary N) is 2. The molecule has 1 unspecified atom stereocenters. The third-order valence-corrected chi connectivity index (χ3v) is 6.96. The van der Waals surface area contributed by atoms with Crippen LogP contribution in [0, 0.1) is 22.9 Å². The molecule has 0 spiro atoms. The highest BCUT2D eigenvalue weighted by Gasteiger charge is 2.28. The quantitative estimate of drug-likeness (QED) is 0.208. The van der Waals surface area contributed by atoms with Crippen molar-refractivity contribution in [1.29, 1.82) is 0 Å². The Hall–Kier alpha value is -4.11. The number of nitro benzene ring substituents is 1. The largest absolute Gasteiger partial charge is 0.354 e. The molecule has 35 heavy (non-hydrogen) atoms. The molecule has 1 atom stereocenters. The van der Waals surface area contributed by atoms with Gasteiger partial charge in [-0.2, -0.15) is 0 Å². The lowest BCUT2D eigenvalue weighted by Gasteiger charge is -2.13. The molecule has 1 aliphatic heterocycles. The Morgan fingerprint density at radius 1 is 1.11 bits per heavy atom. The van der Waals surface area contributed by atoms with Crippen LogP contribution in [-0.4, -0.2) is 20.9 Å². The van der Waals surface area contributed by atoms with Crippen molar-refractivity contribution < 1.29 is 14.1 Å². The first kappa shape index (κ1) is 22.7. The van der Waals surface area contributed by atoms with Crippen molar-refractivity contribution >= 4 is 46.0 Å². The smallest absolute Gasteiger partial charge is 0.269 e. The number of fused-ring (bicyclic) bond motifs is 1. The van der Waals surface area contributed by atoms with Crippen LogP contribution in [0.15, 0.2) is 77.7 Å². The Balaban J connectivity index is 1.46. The van der Waals surface area contributed by atoms with Gasteiger partial charge in [-0.1, -0.05) is 54.2 Å². The van der Waals surface area contributed by atoms with Crippen LogP contribution in [0.25, 0.3) is 17.0 Å². The van der Waals surface area contributed by atoms with Gasteiger partial charge >= 0.3 is 0 Å². The average molecular weight is 489 g/mol. The minimum Gasteiger partial charge on any atom is -0.354 e. The van der Waals surface area contributed by atoms with E-state index >= 15 is 0 Å². The van der Waals surface area contributed by atoms with Crippen LogP contribution in [0.2, 0.25) is 0 Å². The lowest BCUT2D eigenvalue weighted by Crippen LogP contribution is -2.31. The third kappa shape index (κ3) is 4.50. The maximum Gasteiger partial charge on any atom is 0.269 e. The standard InChI is InChI=1S/C26H21FN4O3S/c1-16-20(14-24-25(32)29-26(35-24)28-22-8-4-3-7-21(22)27)19-6-2-5-9-23(19)30(16)15-17-10-12-18(13-11-17)31(33)34/h2-14,26,28H,15H2,1H3,(H,29,32)/b24-14-. The molecule has 0 saturated carbocycles. The number of nitro groups is 1. The summed E-state index contributed by atoms with van der Waals surface area (Å²) in [7, 11) is 0. The average Bonchev–Trinajstić information content (AvgIpc) is 3.33. The van der Waals surface area contributed by atoms with E-state index in [0.29, 0.717) is 17.1 Å². The van der Waals surface area contributed by atoms with Gasteiger partial charge in [-0.25, -0.2) is 4.39 Å². The van der Waals surface area contributed by atoms with Gasteiger partial charge in [0.1, 0.15) is 5.82 Å². The molecule has 4 aromatic rings. The van der Waals surface area contributed by atoms with Crippen LogP contribution in [0.4, 0.5) is 15.8 Å². The van der Waals surface area contributed by atoms with Crippen molar-refractivity contribution in [2.24, 2.45) is 0 Å². The first-order chi connectivity index (χ1) is 16.9. The van der Waals surface area contributed by atoms with Crippen molar-refractivity contribution in [2.45, 2.75) is 19.0 Å². The lowest BCUT2D eigenvalue weighted by molar-refractivity contribution is -0.384. The fourth-order valence-corrected chi connectivity index (χ4v) is 5.12. The number of aromatic nitrogens is 1. The van der Waals surface area contributed by atoms with Crippen LogP contribution in [0.3, 0.4) is 0 Å². The number of non-ortho nitro benzene ring substituents is 1. The third-order valence-electron chi connectivity index (χ3n) is 5.93. The molecule has 1 aliphatic rings. The number of halogens is 1. The van der Waals surface area contributed by atoms with E-state index in [1.807, 2.05) is 37.3 Å². The van der Waals surface area contributed by atoms with Crippen molar-refractivity contribution in [3.8, 4) is 0 Å². The minimum atomic E-state index is -0.487. The number of benzene rings is 3. The summed E-state index contributed by atoms with van der Waals surface area (Å²) in [5, 5.41) is 17.8. The van der Waals surface area contributed by atoms with E-state index in [1.54, 1.807) is 30.3 Å². The zero-order valence-corrected chi connectivity index (χ0v) is 19.5. The Labute approximate surface area is 204 Å². The van der Waals surface area contributed by atoms with Gasteiger partial charge < -0.3 is 15.2 Å². The molecule has 5 rings (SSSR count). The van der Waals surface area contributed by atoms with Gasteiger partial charge in [0, 0.05) is 40.8 Å². The lowest BCUT2D eigenvalue weighted by atomic mass is 10.1. The van der Waals surface area contributed by atoms with Crippen LogP contribution in [-0.2, 0) is 11.3 Å². The minimum absolute atomic E-state index is 0.0519. The van der Waals surface area contributed by atoms with Crippen molar-refractivity contribution in [3.63, 3.8) is 0 Å². The maximum absolute atomic E-state index is 14.0. The van der Waals surface area contributed by atoms with Crippen LogP contribution in [0.5, 0.6) is 0 Å². The van der Waals surface area contributed by atoms with Gasteiger partial charge in [0.05, 0.1) is 15.5 Å². The molecule has 1 aromatic heterocycles. The van der Waals surface area contributed by atoms with Gasteiger partial charge in [-0.05, 0) is 36.8 Å². The zero-order valence-electron chi connectivity index (χ0n) is 18.7. The normalized spacial score (nSPS) is 16.6. The highest BCUT2D eigenvalue weighted by Crippen LogP contribution is 2.35. The Kier molecular flexibility index (Phi) is 6.00. The number of nitrogens with zero attached hydrogens (tertiary/aromatic N) is 2. The van der Waals surface area contributed by atoms with E-state index in [-0.39, 0.29) is 17.4 Å². The first-order valence-electron chi connectivity index (χ1n) is 10.9. The summed E-state index contributed by atoms with van der Waals surface area (Å²) < 4.78 is 16.2. The molecule has 3 aromatic carbocycles. The molecular formula is C26H21FN4O3S. The van der Waals surface area contributed by atoms with Gasteiger partial charge in [0.15, 0.2) is 5.50 Å². The number of para-hydroxylation sites is 2. The molecule has 176 valence electrons. The van der Waals surface area contributed by atoms with Gasteiger partial charge in [0.2, 0.25) is 0 Å². The van der Waals surface area contributed by atoms with Crippen LogP contribution >= 0.6 is 11.8 Å². The summed E-state index contributed by atoms with van der Waals surface area (Å²) in [6.07, 6.45) is 1.87. The van der Waals surface area contributed by atoms with Gasteiger partial charge in [-0.3, -0.25) is 14.9 Å². The molecule has 0 bridgehead atoms. The van der Waals surface area contributed by atoms with Crippen LogP contribution in [0.1, 0.15) is 16.8 Å². The highest BCUT2D eigenvalue weighted by molar-refractivity contribution is 8.05. The Bertz CT molecular complexity index is 1480. The number of thioether (sulfide) groups is 1. The summed E-state index contributed by atoms with van der Waals surface area (Å²) in [5.41, 5.74) is 3.71. The molecule has 0 radical (unpaired) electrons. The summed E-state index contributed by atoms with van der Waals surface area (Å²) in [6, 6.07) is 20.8. The summed E-state index contributed by atoms with van der Waals surface area (Å²) in [6.45, 7) is 2.52. The van der Waals surface area contributed by atoms with Gasteiger partial charge in [0.25, 0.3) is 11.6 Å². The number of amides is 1. The second-order valence-corrected chi connectivity index (χ2v) is 9.28. The molecule has 9 heteroatoms. The topological polar surface area (TPSA) is 89.2 Å². The number of hydrogen-bond acceptors (Lipinski definition) is 5. The van der Waals surface area contributed by atoms with Gasteiger partial charge in [-0.15, -0.1) is 0 Å². The number of hydrogen-bond donors (Lipinski definition) is 2. The fraction of sp³-hybridized carbons (Fsp3) is 0.115. The number of rotatable bonds is 6. The molecule has 7 nitrogen and oxygen atoms in total. The molecule has 1 amide bonds. The predicted molar refractivity (Wildman–Crippen MR) is 136 cm³/mol. The first-order valence-corrected chi connectivity index (χ1v) is 11.8.